The van der Waals surface area contributed by atoms with Gasteiger partial charge in [-0.2, -0.15) is 9.97 Å². The van der Waals surface area contributed by atoms with Gasteiger partial charge in [0, 0.05) is 18.9 Å². The number of ether oxygens (including phenoxy) is 1. The van der Waals surface area contributed by atoms with Crippen molar-refractivity contribution in [1.29, 1.82) is 0 Å². The van der Waals surface area contributed by atoms with Crippen LogP contribution in [0.1, 0.15) is 5.56 Å². The average molecular weight is 302 g/mol. The highest BCUT2D eigenvalue weighted by atomic mass is 35.5. The van der Waals surface area contributed by atoms with Crippen molar-refractivity contribution in [3.63, 3.8) is 0 Å². The first-order valence-electron chi connectivity index (χ1n) is 6.27. The topological polar surface area (TPSA) is 72.8 Å². The zero-order valence-electron chi connectivity index (χ0n) is 11.2. The minimum atomic E-state index is 0.139. The molecule has 0 saturated carbocycles. The molecule has 0 saturated heterocycles. The molecule has 2 aromatic heterocycles. The van der Waals surface area contributed by atoms with Crippen molar-refractivity contribution in [1.82, 2.24) is 19.9 Å². The third-order valence-electron chi connectivity index (χ3n) is 2.92. The van der Waals surface area contributed by atoms with Crippen LogP contribution in [-0.4, -0.2) is 27.0 Å². The van der Waals surface area contributed by atoms with Gasteiger partial charge in [0.15, 0.2) is 17.0 Å². The number of nitrogens with zero attached hydrogens (tertiary/aromatic N) is 4. The molecule has 7 heteroatoms. The number of aromatic nitrogens is 4. The van der Waals surface area contributed by atoms with E-state index >= 15 is 0 Å². The summed E-state index contributed by atoms with van der Waals surface area (Å²) in [5, 5.41) is 3.34. The number of rotatable bonds is 4. The standard InChI is InChI=1S/C14H12ClN5O/c1-21-10-4-2-9(3-5-10)8-18-13-11-12(17-7-6-16-11)19-14(15)20-13/h2-7H,8H2,1H3,(H,17,18,19,20). The fourth-order valence-electron chi connectivity index (χ4n) is 1.89. The Labute approximate surface area is 126 Å². The molecule has 3 rings (SSSR count). The highest BCUT2D eigenvalue weighted by Crippen LogP contribution is 2.19. The lowest BCUT2D eigenvalue weighted by molar-refractivity contribution is 0.414. The molecule has 0 spiro atoms. The number of fused-ring (bicyclic) bond motifs is 1. The van der Waals surface area contributed by atoms with Gasteiger partial charge >= 0.3 is 0 Å². The molecule has 6 nitrogen and oxygen atoms in total. The van der Waals surface area contributed by atoms with Crippen LogP contribution in [0.15, 0.2) is 36.7 Å². The van der Waals surface area contributed by atoms with Gasteiger partial charge in [-0.05, 0) is 29.3 Å². The van der Waals surface area contributed by atoms with Gasteiger partial charge in [-0.1, -0.05) is 12.1 Å². The van der Waals surface area contributed by atoms with Crippen molar-refractivity contribution in [2.24, 2.45) is 0 Å². The third-order valence-corrected chi connectivity index (χ3v) is 3.09. The Morgan fingerprint density at radius 3 is 2.62 bits per heavy atom. The summed E-state index contributed by atoms with van der Waals surface area (Å²) in [4.78, 5) is 16.6. The highest BCUT2D eigenvalue weighted by molar-refractivity contribution is 6.28. The maximum Gasteiger partial charge on any atom is 0.226 e. The molecule has 1 aromatic carbocycles. The molecule has 0 unspecified atom stereocenters. The van der Waals surface area contributed by atoms with Crippen LogP contribution in [0.5, 0.6) is 5.75 Å². The van der Waals surface area contributed by atoms with Crippen molar-refractivity contribution in [3.05, 3.63) is 47.5 Å². The Balaban J connectivity index is 1.84. The molecule has 0 fully saturated rings. The summed E-state index contributed by atoms with van der Waals surface area (Å²) in [7, 11) is 1.64. The smallest absolute Gasteiger partial charge is 0.226 e. The first-order chi connectivity index (χ1) is 10.3. The van der Waals surface area contributed by atoms with Crippen molar-refractivity contribution in [3.8, 4) is 5.75 Å². The van der Waals surface area contributed by atoms with E-state index in [0.29, 0.717) is 23.5 Å². The lowest BCUT2D eigenvalue weighted by atomic mass is 10.2. The van der Waals surface area contributed by atoms with E-state index in [2.05, 4.69) is 25.3 Å². The summed E-state index contributed by atoms with van der Waals surface area (Å²) in [6.07, 6.45) is 3.16. The molecule has 0 atom stereocenters. The molecule has 0 aliphatic heterocycles. The van der Waals surface area contributed by atoms with Gasteiger partial charge < -0.3 is 10.1 Å². The Bertz CT molecular complexity index is 763. The first-order valence-corrected chi connectivity index (χ1v) is 6.65. The SMILES string of the molecule is COc1ccc(CNc2nc(Cl)nc3nccnc23)cc1. The lowest BCUT2D eigenvalue weighted by Crippen LogP contribution is -2.04. The number of anilines is 1. The van der Waals surface area contributed by atoms with Gasteiger partial charge in [0.25, 0.3) is 0 Å². The minimum Gasteiger partial charge on any atom is -0.497 e. The van der Waals surface area contributed by atoms with Gasteiger partial charge in [0.05, 0.1) is 7.11 Å². The third kappa shape index (κ3) is 3.00. The fraction of sp³-hybridized carbons (Fsp3) is 0.143. The lowest BCUT2D eigenvalue weighted by Gasteiger charge is -2.08. The summed E-state index contributed by atoms with van der Waals surface area (Å²) in [6.45, 7) is 0.586. The quantitative estimate of drug-likeness (QED) is 0.747. The van der Waals surface area contributed by atoms with E-state index in [1.807, 2.05) is 24.3 Å². The van der Waals surface area contributed by atoms with Crippen LogP contribution in [0.25, 0.3) is 11.2 Å². The number of hydrogen-bond acceptors (Lipinski definition) is 6. The van der Waals surface area contributed by atoms with Crippen LogP contribution in [-0.2, 0) is 6.54 Å². The Morgan fingerprint density at radius 2 is 1.86 bits per heavy atom. The second kappa shape index (κ2) is 5.88. The van der Waals surface area contributed by atoms with E-state index in [-0.39, 0.29) is 5.28 Å². The second-order valence-electron chi connectivity index (χ2n) is 4.27. The number of nitrogens with one attached hydrogen (secondary N) is 1. The Kier molecular flexibility index (Phi) is 3.79. The molecule has 0 aliphatic carbocycles. The second-order valence-corrected chi connectivity index (χ2v) is 4.61. The van der Waals surface area contributed by atoms with Crippen LogP contribution in [0.4, 0.5) is 5.82 Å². The number of hydrogen-bond donors (Lipinski definition) is 1. The molecule has 1 N–H and O–H groups in total. The van der Waals surface area contributed by atoms with Crippen LogP contribution in [0.3, 0.4) is 0 Å². The first kappa shape index (κ1) is 13.5. The van der Waals surface area contributed by atoms with E-state index in [0.717, 1.165) is 11.3 Å². The monoisotopic (exact) mass is 301 g/mol. The van der Waals surface area contributed by atoms with E-state index in [9.17, 15) is 0 Å². The minimum absolute atomic E-state index is 0.139. The van der Waals surface area contributed by atoms with Crippen molar-refractivity contribution in [2.75, 3.05) is 12.4 Å². The molecule has 21 heavy (non-hydrogen) atoms. The normalized spacial score (nSPS) is 10.6. The molecule has 0 radical (unpaired) electrons. The number of methoxy groups -OCH3 is 1. The molecular formula is C14H12ClN5O. The van der Waals surface area contributed by atoms with E-state index < -0.39 is 0 Å². The number of benzene rings is 1. The predicted octanol–water partition coefficient (Wildman–Crippen LogP) is 2.69. The number of halogens is 1. The zero-order valence-corrected chi connectivity index (χ0v) is 12.0. The summed E-state index contributed by atoms with van der Waals surface area (Å²) in [6, 6.07) is 7.76. The summed E-state index contributed by atoms with van der Waals surface area (Å²) < 4.78 is 5.13. The maximum atomic E-state index is 5.90. The average Bonchev–Trinajstić information content (AvgIpc) is 2.53. The van der Waals surface area contributed by atoms with Crippen molar-refractivity contribution in [2.45, 2.75) is 6.54 Å². The van der Waals surface area contributed by atoms with Crippen LogP contribution >= 0.6 is 11.6 Å². The van der Waals surface area contributed by atoms with Gasteiger partial charge in [0.2, 0.25) is 5.28 Å². The largest absolute Gasteiger partial charge is 0.497 e. The van der Waals surface area contributed by atoms with Gasteiger partial charge in [-0.15, -0.1) is 0 Å². The predicted molar refractivity (Wildman–Crippen MR) is 80.5 cm³/mol. The molecule has 2 heterocycles. The highest BCUT2D eigenvalue weighted by Gasteiger charge is 2.08. The molecule has 3 aromatic rings. The van der Waals surface area contributed by atoms with Crippen molar-refractivity contribution >= 4 is 28.6 Å². The van der Waals surface area contributed by atoms with E-state index in [1.165, 1.54) is 0 Å². The van der Waals surface area contributed by atoms with E-state index in [4.69, 9.17) is 16.3 Å². The summed E-state index contributed by atoms with van der Waals surface area (Å²) in [5.41, 5.74) is 2.15. The van der Waals surface area contributed by atoms with E-state index in [1.54, 1.807) is 19.5 Å². The van der Waals surface area contributed by atoms with Gasteiger partial charge in [-0.25, -0.2) is 9.97 Å². The maximum absolute atomic E-state index is 5.90. The summed E-state index contributed by atoms with van der Waals surface area (Å²) in [5.74, 6) is 1.38. The zero-order chi connectivity index (χ0) is 14.7. The van der Waals surface area contributed by atoms with Gasteiger partial charge in [0.1, 0.15) is 5.75 Å². The van der Waals surface area contributed by atoms with Crippen LogP contribution < -0.4 is 10.1 Å². The molecule has 0 aliphatic rings. The Morgan fingerprint density at radius 1 is 1.10 bits per heavy atom. The molecule has 0 bridgehead atoms. The van der Waals surface area contributed by atoms with Crippen LogP contribution in [0.2, 0.25) is 5.28 Å². The molecule has 0 amide bonds. The van der Waals surface area contributed by atoms with Crippen LogP contribution in [0, 0.1) is 0 Å². The Hall–Kier alpha value is -2.47. The van der Waals surface area contributed by atoms with Crippen molar-refractivity contribution < 1.29 is 4.74 Å². The van der Waals surface area contributed by atoms with Gasteiger partial charge in [-0.3, -0.25) is 0 Å². The molecular weight excluding hydrogens is 290 g/mol. The fourth-order valence-corrected chi connectivity index (χ4v) is 2.05. The summed E-state index contributed by atoms with van der Waals surface area (Å²) >= 11 is 5.90. The molecule has 106 valence electrons.